The lowest BCUT2D eigenvalue weighted by Gasteiger charge is -2.30. The second-order valence-corrected chi connectivity index (χ2v) is 13.6. The van der Waals surface area contributed by atoms with E-state index in [9.17, 15) is 21.6 Å². The van der Waals surface area contributed by atoms with Crippen molar-refractivity contribution in [3.8, 4) is 5.75 Å². The van der Waals surface area contributed by atoms with Crippen molar-refractivity contribution in [1.29, 1.82) is 0 Å². The minimum absolute atomic E-state index is 0.0937. The molecule has 2 aliphatic rings. The Bertz CT molecular complexity index is 1270. The van der Waals surface area contributed by atoms with Gasteiger partial charge in [-0.05, 0) is 67.6 Å². The monoisotopic (exact) mass is 569 g/mol. The van der Waals surface area contributed by atoms with Gasteiger partial charge in [0.25, 0.3) is 0 Å². The standard InChI is InChI=1S/C25H32ClN3O6S2/c26-22-5-3-20(4-6-22)19-36(31,32)28-16-11-21(12-17-28)25(30)27-13-18-35-23-7-9-24(10-8-23)37(33,34)29-14-1-2-15-29/h3-10,21H,1-2,11-19H2,(H,27,30). The summed E-state index contributed by atoms with van der Waals surface area (Å²) in [5.41, 5.74) is 0.673. The van der Waals surface area contributed by atoms with Gasteiger partial charge < -0.3 is 10.1 Å². The number of amides is 1. The van der Waals surface area contributed by atoms with E-state index in [2.05, 4.69) is 5.32 Å². The van der Waals surface area contributed by atoms with Gasteiger partial charge in [-0.25, -0.2) is 21.1 Å². The van der Waals surface area contributed by atoms with Crippen LogP contribution in [0.15, 0.2) is 53.4 Å². The van der Waals surface area contributed by atoms with Crippen LogP contribution in [0.25, 0.3) is 0 Å². The maximum atomic E-state index is 12.7. The Kier molecular flexibility index (Phi) is 9.12. The largest absolute Gasteiger partial charge is 0.492 e. The Morgan fingerprint density at radius 1 is 0.892 bits per heavy atom. The number of benzene rings is 2. The number of sulfonamides is 2. The number of nitrogens with zero attached hydrogens (tertiary/aromatic N) is 2. The van der Waals surface area contributed by atoms with Crippen LogP contribution in [0.3, 0.4) is 0 Å². The van der Waals surface area contributed by atoms with Crippen LogP contribution in [-0.4, -0.2) is 70.7 Å². The highest BCUT2D eigenvalue weighted by molar-refractivity contribution is 7.89. The van der Waals surface area contributed by atoms with Crippen molar-refractivity contribution in [3.63, 3.8) is 0 Å². The molecule has 2 aromatic rings. The second-order valence-electron chi connectivity index (χ2n) is 9.28. The molecule has 0 aromatic heterocycles. The molecule has 0 spiro atoms. The van der Waals surface area contributed by atoms with Gasteiger partial charge in [-0.3, -0.25) is 4.79 Å². The van der Waals surface area contributed by atoms with Gasteiger partial charge in [0.1, 0.15) is 12.4 Å². The van der Waals surface area contributed by atoms with Gasteiger partial charge in [0, 0.05) is 37.1 Å². The van der Waals surface area contributed by atoms with Crippen LogP contribution in [0.5, 0.6) is 5.75 Å². The van der Waals surface area contributed by atoms with Gasteiger partial charge in [-0.1, -0.05) is 23.7 Å². The molecule has 1 N–H and O–H groups in total. The highest BCUT2D eigenvalue weighted by Gasteiger charge is 2.31. The summed E-state index contributed by atoms with van der Waals surface area (Å²) in [5.74, 6) is 0.0556. The quantitative estimate of drug-likeness (QED) is 0.440. The number of carbonyl (C=O) groups is 1. The highest BCUT2D eigenvalue weighted by Crippen LogP contribution is 2.24. The third-order valence-electron chi connectivity index (χ3n) is 6.68. The molecule has 2 heterocycles. The molecule has 2 saturated heterocycles. The van der Waals surface area contributed by atoms with Crippen LogP contribution in [0.4, 0.5) is 0 Å². The lowest BCUT2D eigenvalue weighted by atomic mass is 9.97. The second kappa shape index (κ2) is 12.1. The third kappa shape index (κ3) is 7.23. The predicted molar refractivity (Wildman–Crippen MR) is 141 cm³/mol. The Morgan fingerprint density at radius 3 is 2.14 bits per heavy atom. The summed E-state index contributed by atoms with van der Waals surface area (Å²) >= 11 is 5.87. The molecule has 2 aromatic carbocycles. The van der Waals surface area contributed by atoms with Crippen molar-refractivity contribution in [3.05, 3.63) is 59.1 Å². The number of piperidine rings is 1. The van der Waals surface area contributed by atoms with Gasteiger partial charge in [0.05, 0.1) is 17.2 Å². The van der Waals surface area contributed by atoms with Crippen molar-refractivity contribution in [1.82, 2.24) is 13.9 Å². The molecule has 2 aliphatic heterocycles. The number of halogens is 1. The third-order valence-corrected chi connectivity index (χ3v) is 10.7. The minimum atomic E-state index is -3.47. The minimum Gasteiger partial charge on any atom is -0.492 e. The average molecular weight is 570 g/mol. The van der Waals surface area contributed by atoms with Gasteiger partial charge in [0.2, 0.25) is 26.0 Å². The van der Waals surface area contributed by atoms with Crippen LogP contribution in [-0.2, 0) is 30.6 Å². The smallest absolute Gasteiger partial charge is 0.243 e. The number of nitrogens with one attached hydrogen (secondary N) is 1. The molecule has 0 atom stereocenters. The lowest BCUT2D eigenvalue weighted by Crippen LogP contribution is -2.43. The summed E-state index contributed by atoms with van der Waals surface area (Å²) < 4.78 is 59.3. The first-order valence-electron chi connectivity index (χ1n) is 12.4. The van der Waals surface area contributed by atoms with Crippen molar-refractivity contribution in [2.24, 2.45) is 5.92 Å². The van der Waals surface area contributed by atoms with E-state index in [1.165, 1.54) is 20.7 Å². The molecule has 12 heteroatoms. The number of ether oxygens (including phenoxy) is 1. The van der Waals surface area contributed by atoms with E-state index in [0.29, 0.717) is 61.9 Å². The van der Waals surface area contributed by atoms with Crippen LogP contribution in [0, 0.1) is 5.92 Å². The van der Waals surface area contributed by atoms with E-state index in [-0.39, 0.29) is 29.1 Å². The SMILES string of the molecule is O=C(NCCOc1ccc(S(=O)(=O)N2CCCC2)cc1)C1CCN(S(=O)(=O)Cc2ccc(Cl)cc2)CC1. The zero-order valence-electron chi connectivity index (χ0n) is 20.5. The van der Waals surface area contributed by atoms with Gasteiger partial charge in [0.15, 0.2) is 0 Å². The van der Waals surface area contributed by atoms with Crippen LogP contribution in [0.1, 0.15) is 31.2 Å². The van der Waals surface area contributed by atoms with Crippen LogP contribution < -0.4 is 10.1 Å². The first kappa shape index (κ1) is 27.8. The predicted octanol–water partition coefficient (Wildman–Crippen LogP) is 2.86. The van der Waals surface area contributed by atoms with Crippen molar-refractivity contribution >= 4 is 37.6 Å². The molecule has 0 saturated carbocycles. The summed E-state index contributed by atoms with van der Waals surface area (Å²) in [6.07, 6.45) is 2.68. The van der Waals surface area contributed by atoms with Crippen LogP contribution >= 0.6 is 11.6 Å². The molecular weight excluding hydrogens is 538 g/mol. The van der Waals surface area contributed by atoms with Gasteiger partial charge in [-0.15, -0.1) is 0 Å². The van der Waals surface area contributed by atoms with Gasteiger partial charge >= 0.3 is 0 Å². The topological polar surface area (TPSA) is 113 Å². The number of hydrogen-bond donors (Lipinski definition) is 1. The number of carbonyl (C=O) groups excluding carboxylic acids is 1. The first-order chi connectivity index (χ1) is 17.6. The molecule has 1 amide bonds. The zero-order valence-corrected chi connectivity index (χ0v) is 22.9. The lowest BCUT2D eigenvalue weighted by molar-refractivity contribution is -0.126. The molecule has 0 unspecified atom stereocenters. The molecule has 0 aliphatic carbocycles. The summed E-state index contributed by atoms with van der Waals surface area (Å²) in [7, 11) is -6.93. The summed E-state index contributed by atoms with van der Waals surface area (Å²) in [5, 5.41) is 3.40. The maximum Gasteiger partial charge on any atom is 0.243 e. The fraction of sp³-hybridized carbons (Fsp3) is 0.480. The zero-order chi connectivity index (χ0) is 26.5. The van der Waals surface area contributed by atoms with E-state index in [0.717, 1.165) is 12.8 Å². The molecule has 4 rings (SSSR count). The summed E-state index contributed by atoms with van der Waals surface area (Å²) in [4.78, 5) is 12.8. The Labute approximate surface area is 223 Å². The fourth-order valence-electron chi connectivity index (χ4n) is 4.55. The Hall–Kier alpha value is -2.18. The van der Waals surface area contributed by atoms with Crippen molar-refractivity contribution in [2.45, 2.75) is 36.3 Å². The van der Waals surface area contributed by atoms with E-state index in [1.807, 2.05) is 0 Å². The Balaban J connectivity index is 1.17. The maximum absolute atomic E-state index is 12.7. The molecule has 0 radical (unpaired) electrons. The molecule has 2 fully saturated rings. The summed E-state index contributed by atoms with van der Waals surface area (Å²) in [6.45, 7) is 2.24. The van der Waals surface area contributed by atoms with Gasteiger partial charge in [-0.2, -0.15) is 4.31 Å². The van der Waals surface area contributed by atoms with E-state index in [1.54, 1.807) is 36.4 Å². The normalized spacial score (nSPS) is 18.1. The summed E-state index contributed by atoms with van der Waals surface area (Å²) in [6, 6.07) is 13.0. The van der Waals surface area contributed by atoms with E-state index >= 15 is 0 Å². The Morgan fingerprint density at radius 2 is 1.51 bits per heavy atom. The fourth-order valence-corrected chi connectivity index (χ4v) is 7.76. The number of rotatable bonds is 10. The first-order valence-corrected chi connectivity index (χ1v) is 15.8. The molecule has 0 bridgehead atoms. The molecule has 9 nitrogen and oxygen atoms in total. The highest BCUT2D eigenvalue weighted by atomic mass is 35.5. The van der Waals surface area contributed by atoms with E-state index in [4.69, 9.17) is 16.3 Å². The van der Waals surface area contributed by atoms with Crippen LogP contribution in [0.2, 0.25) is 5.02 Å². The average Bonchev–Trinajstić information content (AvgIpc) is 3.44. The van der Waals surface area contributed by atoms with Crippen molar-refractivity contribution < 1.29 is 26.4 Å². The van der Waals surface area contributed by atoms with Crippen molar-refractivity contribution in [2.75, 3.05) is 39.3 Å². The van der Waals surface area contributed by atoms with E-state index < -0.39 is 20.0 Å². The molecule has 202 valence electrons. The number of hydrogen-bond acceptors (Lipinski definition) is 6. The molecular formula is C25H32ClN3O6S2. The molecule has 37 heavy (non-hydrogen) atoms.